The minimum atomic E-state index is -0.0998. The summed E-state index contributed by atoms with van der Waals surface area (Å²) in [7, 11) is 0. The number of rotatable bonds is 4. The molecule has 5 heteroatoms. The second-order valence-electron chi connectivity index (χ2n) is 2.82. The smallest absolute Gasteiger partial charge is 0.257 e. The largest absolute Gasteiger partial charge is 0.431 e. The zero-order valence-electron chi connectivity index (χ0n) is 7.67. The molecule has 0 saturated heterocycles. The molecular formula is C10H7NO2S2. The molecule has 0 atom stereocenters. The molecular weight excluding hydrogens is 230 g/mol. The SMILES string of the molecule is O=C(C=S)CSc1nc2ccccc2o1. The highest BCUT2D eigenvalue weighted by atomic mass is 32.2. The maximum absolute atomic E-state index is 11.0. The van der Waals surface area contributed by atoms with Gasteiger partial charge in [0.1, 0.15) is 5.52 Å². The van der Waals surface area contributed by atoms with Crippen molar-refractivity contribution in [2.45, 2.75) is 5.22 Å². The van der Waals surface area contributed by atoms with Crippen molar-refractivity contribution in [3.05, 3.63) is 24.3 Å². The fraction of sp³-hybridized carbons (Fsp3) is 0.100. The summed E-state index contributed by atoms with van der Waals surface area (Å²) in [5, 5.41) is 1.64. The molecule has 76 valence electrons. The fourth-order valence-electron chi connectivity index (χ4n) is 1.08. The summed E-state index contributed by atoms with van der Waals surface area (Å²) in [4.78, 5) is 15.2. The lowest BCUT2D eigenvalue weighted by atomic mass is 10.3. The Morgan fingerprint density at radius 2 is 2.33 bits per heavy atom. The summed E-state index contributed by atoms with van der Waals surface area (Å²) in [6.45, 7) is 0. The number of Topliss-reactive ketones (excluding diaryl/α,β-unsaturated/α-hetero) is 1. The van der Waals surface area contributed by atoms with E-state index in [-0.39, 0.29) is 11.5 Å². The van der Waals surface area contributed by atoms with E-state index in [9.17, 15) is 4.79 Å². The molecule has 3 nitrogen and oxygen atoms in total. The van der Waals surface area contributed by atoms with Crippen LogP contribution in [0.15, 0.2) is 33.9 Å². The van der Waals surface area contributed by atoms with Gasteiger partial charge in [-0.1, -0.05) is 36.1 Å². The molecule has 0 bridgehead atoms. The van der Waals surface area contributed by atoms with Crippen molar-refractivity contribution in [1.82, 2.24) is 4.98 Å². The predicted molar refractivity (Wildman–Crippen MR) is 63.4 cm³/mol. The van der Waals surface area contributed by atoms with E-state index in [1.807, 2.05) is 24.3 Å². The third-order valence-electron chi connectivity index (χ3n) is 1.74. The van der Waals surface area contributed by atoms with Gasteiger partial charge in [-0.3, -0.25) is 4.79 Å². The van der Waals surface area contributed by atoms with Gasteiger partial charge in [-0.15, -0.1) is 0 Å². The number of aromatic nitrogens is 1. The summed E-state index contributed by atoms with van der Waals surface area (Å²) in [5.74, 6) is 0.174. The van der Waals surface area contributed by atoms with Gasteiger partial charge in [0.05, 0.1) is 5.75 Å². The predicted octanol–water partition coefficient (Wildman–Crippen LogP) is 2.49. The molecule has 0 amide bonds. The standard InChI is InChI=1S/C10H7NO2S2/c12-7(5-14)6-15-10-11-8-3-1-2-4-9(8)13-10/h1-5H,6H2. The van der Waals surface area contributed by atoms with E-state index in [1.54, 1.807) is 0 Å². The van der Waals surface area contributed by atoms with Crippen LogP contribution in [0.5, 0.6) is 0 Å². The third-order valence-corrected chi connectivity index (χ3v) is 2.86. The number of fused-ring (bicyclic) bond motifs is 1. The van der Waals surface area contributed by atoms with E-state index in [0.717, 1.165) is 16.5 Å². The lowest BCUT2D eigenvalue weighted by Crippen LogP contribution is -1.99. The molecule has 0 radical (unpaired) electrons. The van der Waals surface area contributed by atoms with Crippen LogP contribution in [-0.4, -0.2) is 21.9 Å². The first-order chi connectivity index (χ1) is 7.29. The molecule has 0 aliphatic rings. The maximum Gasteiger partial charge on any atom is 0.257 e. The summed E-state index contributed by atoms with van der Waals surface area (Å²) < 4.78 is 5.41. The van der Waals surface area contributed by atoms with Gasteiger partial charge in [0.25, 0.3) is 5.22 Å². The molecule has 0 N–H and O–H groups in total. The monoisotopic (exact) mass is 237 g/mol. The number of thioether (sulfide) groups is 1. The number of carbonyl (C=O) groups is 1. The Labute approximate surface area is 95.9 Å². The summed E-state index contributed by atoms with van der Waals surface area (Å²) in [6.07, 6.45) is 0. The van der Waals surface area contributed by atoms with E-state index < -0.39 is 0 Å². The quantitative estimate of drug-likeness (QED) is 0.603. The van der Waals surface area contributed by atoms with Gasteiger partial charge >= 0.3 is 0 Å². The maximum atomic E-state index is 11.0. The first-order valence-corrected chi connectivity index (χ1v) is 5.71. The number of carbonyl (C=O) groups excluding carboxylic acids is 1. The second kappa shape index (κ2) is 4.55. The van der Waals surface area contributed by atoms with Crippen LogP contribution in [0.2, 0.25) is 0 Å². The number of thiocarbonyl (C=S) groups is 1. The average Bonchev–Trinajstić information content (AvgIpc) is 2.68. The van der Waals surface area contributed by atoms with Crippen molar-refractivity contribution in [2.24, 2.45) is 0 Å². The number of nitrogens with zero attached hydrogens (tertiary/aromatic N) is 1. The normalized spacial score (nSPS) is 10.4. The molecule has 0 aliphatic heterocycles. The molecule has 1 heterocycles. The third kappa shape index (κ3) is 2.43. The summed E-state index contributed by atoms with van der Waals surface area (Å²) >= 11 is 5.77. The number of hydrogen-bond acceptors (Lipinski definition) is 5. The molecule has 1 aromatic carbocycles. The van der Waals surface area contributed by atoms with Crippen LogP contribution < -0.4 is 0 Å². The Hall–Kier alpha value is -1.20. The van der Waals surface area contributed by atoms with Gasteiger partial charge in [0, 0.05) is 5.37 Å². The van der Waals surface area contributed by atoms with Crippen molar-refractivity contribution in [1.29, 1.82) is 0 Å². The van der Waals surface area contributed by atoms with Crippen molar-refractivity contribution < 1.29 is 9.21 Å². The fourth-order valence-corrected chi connectivity index (χ4v) is 1.93. The van der Waals surface area contributed by atoms with E-state index >= 15 is 0 Å². The number of para-hydroxylation sites is 2. The van der Waals surface area contributed by atoms with Gasteiger partial charge in [-0.05, 0) is 12.1 Å². The highest BCUT2D eigenvalue weighted by Crippen LogP contribution is 2.22. The Kier molecular flexibility index (Phi) is 3.13. The minimum absolute atomic E-state index is 0.0998. The number of hydrogen-bond donors (Lipinski definition) is 0. The topological polar surface area (TPSA) is 43.1 Å². The highest BCUT2D eigenvalue weighted by Gasteiger charge is 2.06. The molecule has 2 rings (SSSR count). The molecule has 0 fully saturated rings. The van der Waals surface area contributed by atoms with Gasteiger partial charge in [0.15, 0.2) is 11.4 Å². The van der Waals surface area contributed by atoms with Crippen molar-refractivity contribution in [3.8, 4) is 0 Å². The molecule has 15 heavy (non-hydrogen) atoms. The Bertz CT molecular complexity index is 474. The van der Waals surface area contributed by atoms with Crippen LogP contribution >= 0.6 is 24.0 Å². The van der Waals surface area contributed by atoms with Crippen LogP contribution in [0, 0.1) is 0 Å². The van der Waals surface area contributed by atoms with E-state index in [1.165, 1.54) is 11.8 Å². The Morgan fingerprint density at radius 3 is 3.07 bits per heavy atom. The van der Waals surface area contributed by atoms with Gasteiger partial charge < -0.3 is 4.42 Å². The number of benzene rings is 1. The summed E-state index contributed by atoms with van der Waals surface area (Å²) in [6, 6.07) is 7.48. The number of ketones is 1. The van der Waals surface area contributed by atoms with Gasteiger partial charge in [0.2, 0.25) is 0 Å². The molecule has 0 spiro atoms. The van der Waals surface area contributed by atoms with Crippen LogP contribution in [0.25, 0.3) is 11.1 Å². The zero-order valence-corrected chi connectivity index (χ0v) is 9.31. The second-order valence-corrected chi connectivity index (χ2v) is 3.98. The van der Waals surface area contributed by atoms with Gasteiger partial charge in [-0.2, -0.15) is 0 Å². The van der Waals surface area contributed by atoms with E-state index in [4.69, 9.17) is 4.42 Å². The van der Waals surface area contributed by atoms with Crippen LogP contribution in [0.3, 0.4) is 0 Å². The zero-order chi connectivity index (χ0) is 10.7. The van der Waals surface area contributed by atoms with Crippen molar-refractivity contribution >= 4 is 46.2 Å². The average molecular weight is 237 g/mol. The molecule has 0 saturated carbocycles. The molecule has 0 unspecified atom stereocenters. The lowest BCUT2D eigenvalue weighted by Gasteiger charge is -1.89. The van der Waals surface area contributed by atoms with Gasteiger partial charge in [-0.25, -0.2) is 4.98 Å². The Balaban J connectivity index is 2.15. The Morgan fingerprint density at radius 1 is 1.53 bits per heavy atom. The highest BCUT2D eigenvalue weighted by molar-refractivity contribution is 8.00. The summed E-state index contributed by atoms with van der Waals surface area (Å²) in [5.41, 5.74) is 1.53. The van der Waals surface area contributed by atoms with Crippen LogP contribution in [0.4, 0.5) is 0 Å². The van der Waals surface area contributed by atoms with Crippen LogP contribution in [-0.2, 0) is 4.79 Å². The molecule has 2 aromatic rings. The first kappa shape index (κ1) is 10.3. The molecule has 0 aliphatic carbocycles. The lowest BCUT2D eigenvalue weighted by molar-refractivity contribution is -0.110. The minimum Gasteiger partial charge on any atom is -0.431 e. The van der Waals surface area contributed by atoms with E-state index in [0.29, 0.717) is 5.22 Å². The molecule has 1 aromatic heterocycles. The van der Waals surface area contributed by atoms with E-state index in [2.05, 4.69) is 17.2 Å². The number of oxazole rings is 1. The first-order valence-electron chi connectivity index (χ1n) is 4.26. The van der Waals surface area contributed by atoms with Crippen molar-refractivity contribution in [3.63, 3.8) is 0 Å². The van der Waals surface area contributed by atoms with Crippen LogP contribution in [0.1, 0.15) is 0 Å². The van der Waals surface area contributed by atoms with Crippen molar-refractivity contribution in [2.75, 3.05) is 5.75 Å².